The molecule has 0 atom stereocenters. The Morgan fingerprint density at radius 1 is 1.28 bits per heavy atom. The number of hydrogen-bond acceptors (Lipinski definition) is 4. The monoisotopic (exact) mass is 250 g/mol. The molecular formula is C14H18O4. The third kappa shape index (κ3) is 3.58. The van der Waals surface area contributed by atoms with Gasteiger partial charge in [-0.15, -0.1) is 0 Å². The van der Waals surface area contributed by atoms with Crippen LogP contribution >= 0.6 is 0 Å². The zero-order valence-electron chi connectivity index (χ0n) is 11.0. The Bertz CT molecular complexity index is 437. The van der Waals surface area contributed by atoms with Crippen molar-refractivity contribution in [3.63, 3.8) is 0 Å². The van der Waals surface area contributed by atoms with Crippen LogP contribution in [-0.2, 0) is 20.7 Å². The van der Waals surface area contributed by atoms with Crippen molar-refractivity contribution in [2.75, 3.05) is 13.7 Å². The minimum atomic E-state index is -0.356. The molecule has 0 aliphatic rings. The molecule has 0 amide bonds. The van der Waals surface area contributed by atoms with Gasteiger partial charge in [0.15, 0.2) is 0 Å². The van der Waals surface area contributed by atoms with Crippen LogP contribution in [0, 0.1) is 6.92 Å². The van der Waals surface area contributed by atoms with Gasteiger partial charge in [0.25, 0.3) is 0 Å². The Kier molecular flexibility index (Phi) is 5.36. The van der Waals surface area contributed by atoms with Crippen molar-refractivity contribution in [2.24, 2.45) is 0 Å². The van der Waals surface area contributed by atoms with Crippen molar-refractivity contribution >= 4 is 11.9 Å². The van der Waals surface area contributed by atoms with Crippen LogP contribution in [0.15, 0.2) is 18.2 Å². The number of aryl methyl sites for hydroxylation is 1. The molecular weight excluding hydrogens is 232 g/mol. The van der Waals surface area contributed by atoms with Crippen molar-refractivity contribution in [3.05, 3.63) is 34.9 Å². The number of carbonyl (C=O) groups excluding carboxylic acids is 2. The third-order valence-corrected chi connectivity index (χ3v) is 2.76. The summed E-state index contributed by atoms with van der Waals surface area (Å²) in [5, 5.41) is 0. The largest absolute Gasteiger partial charge is 0.466 e. The highest BCUT2D eigenvalue weighted by Gasteiger charge is 2.12. The summed E-state index contributed by atoms with van der Waals surface area (Å²) in [4.78, 5) is 22.8. The van der Waals surface area contributed by atoms with Gasteiger partial charge in [0.1, 0.15) is 0 Å². The summed E-state index contributed by atoms with van der Waals surface area (Å²) in [5.41, 5.74) is 2.36. The molecule has 0 aliphatic heterocycles. The highest BCUT2D eigenvalue weighted by molar-refractivity contribution is 5.91. The number of benzene rings is 1. The van der Waals surface area contributed by atoms with Crippen LogP contribution in [0.4, 0.5) is 0 Å². The van der Waals surface area contributed by atoms with Gasteiger partial charge in [-0.3, -0.25) is 4.79 Å². The number of methoxy groups -OCH3 is 1. The Balaban J connectivity index is 2.78. The molecule has 0 saturated carbocycles. The van der Waals surface area contributed by atoms with E-state index >= 15 is 0 Å². The van der Waals surface area contributed by atoms with E-state index in [9.17, 15) is 9.59 Å². The summed E-state index contributed by atoms with van der Waals surface area (Å²) in [6.07, 6.45) is 0.884. The summed E-state index contributed by atoms with van der Waals surface area (Å²) in [6.45, 7) is 4.02. The van der Waals surface area contributed by atoms with Gasteiger partial charge in [-0.05, 0) is 37.5 Å². The van der Waals surface area contributed by atoms with Crippen LogP contribution in [0.1, 0.15) is 34.8 Å². The molecule has 1 aromatic carbocycles. The molecule has 1 rings (SSSR count). The van der Waals surface area contributed by atoms with Gasteiger partial charge in [-0.2, -0.15) is 0 Å². The summed E-state index contributed by atoms with van der Waals surface area (Å²) in [6, 6.07) is 5.41. The van der Waals surface area contributed by atoms with Crippen LogP contribution in [0.3, 0.4) is 0 Å². The molecule has 0 fully saturated rings. The fraction of sp³-hybridized carbons (Fsp3) is 0.429. The Morgan fingerprint density at radius 2 is 2.00 bits per heavy atom. The molecule has 98 valence electrons. The van der Waals surface area contributed by atoms with Gasteiger partial charge >= 0.3 is 11.9 Å². The first-order chi connectivity index (χ1) is 8.60. The molecule has 4 nitrogen and oxygen atoms in total. The molecule has 18 heavy (non-hydrogen) atoms. The fourth-order valence-corrected chi connectivity index (χ4v) is 1.76. The second-order valence-electron chi connectivity index (χ2n) is 3.89. The minimum absolute atomic E-state index is 0.222. The molecule has 0 radical (unpaired) electrons. The summed E-state index contributed by atoms with van der Waals surface area (Å²) in [5.74, 6) is -0.578. The second kappa shape index (κ2) is 6.79. The molecule has 0 saturated heterocycles. The lowest BCUT2D eigenvalue weighted by Gasteiger charge is -2.09. The van der Waals surface area contributed by atoms with Gasteiger partial charge in [0.2, 0.25) is 0 Å². The van der Waals surface area contributed by atoms with E-state index in [2.05, 4.69) is 0 Å². The SMILES string of the molecule is CCOC(=O)CCc1cccc(C(=O)OC)c1C. The van der Waals surface area contributed by atoms with Crippen molar-refractivity contribution in [1.29, 1.82) is 0 Å². The topological polar surface area (TPSA) is 52.6 Å². The number of esters is 2. The lowest BCUT2D eigenvalue weighted by atomic mass is 9.99. The van der Waals surface area contributed by atoms with E-state index in [0.717, 1.165) is 11.1 Å². The van der Waals surface area contributed by atoms with Crippen LogP contribution in [0.25, 0.3) is 0 Å². The standard InChI is InChI=1S/C14H18O4/c1-4-18-13(15)9-8-11-6-5-7-12(10(11)2)14(16)17-3/h5-7H,4,8-9H2,1-3H3. The average Bonchev–Trinajstić information content (AvgIpc) is 2.37. The van der Waals surface area contributed by atoms with Gasteiger partial charge in [0, 0.05) is 6.42 Å². The number of ether oxygens (including phenoxy) is 2. The molecule has 0 aromatic heterocycles. The Morgan fingerprint density at radius 3 is 2.61 bits per heavy atom. The molecule has 4 heteroatoms. The molecule has 0 N–H and O–H groups in total. The zero-order chi connectivity index (χ0) is 13.5. The first-order valence-electron chi connectivity index (χ1n) is 5.92. The van der Waals surface area contributed by atoms with Crippen LogP contribution < -0.4 is 0 Å². The van der Waals surface area contributed by atoms with E-state index in [4.69, 9.17) is 9.47 Å². The Hall–Kier alpha value is -1.84. The maximum Gasteiger partial charge on any atom is 0.338 e. The maximum atomic E-state index is 11.5. The predicted molar refractivity (Wildman–Crippen MR) is 67.5 cm³/mol. The van der Waals surface area contributed by atoms with Crippen LogP contribution in [-0.4, -0.2) is 25.7 Å². The van der Waals surface area contributed by atoms with Crippen molar-refractivity contribution in [3.8, 4) is 0 Å². The lowest BCUT2D eigenvalue weighted by molar-refractivity contribution is -0.143. The quantitative estimate of drug-likeness (QED) is 0.752. The van der Waals surface area contributed by atoms with Crippen molar-refractivity contribution in [1.82, 2.24) is 0 Å². The third-order valence-electron chi connectivity index (χ3n) is 2.76. The fourth-order valence-electron chi connectivity index (χ4n) is 1.76. The molecule has 0 bridgehead atoms. The van der Waals surface area contributed by atoms with E-state index in [-0.39, 0.29) is 11.9 Å². The van der Waals surface area contributed by atoms with E-state index in [0.29, 0.717) is 25.0 Å². The molecule has 1 aromatic rings. The van der Waals surface area contributed by atoms with Crippen LogP contribution in [0.5, 0.6) is 0 Å². The number of rotatable bonds is 5. The normalized spacial score (nSPS) is 9.94. The average molecular weight is 250 g/mol. The summed E-state index contributed by atoms with van der Waals surface area (Å²) < 4.78 is 9.58. The summed E-state index contributed by atoms with van der Waals surface area (Å²) >= 11 is 0. The number of hydrogen-bond donors (Lipinski definition) is 0. The van der Waals surface area contributed by atoms with E-state index in [1.165, 1.54) is 7.11 Å². The highest BCUT2D eigenvalue weighted by Crippen LogP contribution is 2.16. The van der Waals surface area contributed by atoms with Crippen molar-refractivity contribution in [2.45, 2.75) is 26.7 Å². The van der Waals surface area contributed by atoms with Gasteiger partial charge in [0.05, 0.1) is 19.3 Å². The first-order valence-corrected chi connectivity index (χ1v) is 5.92. The van der Waals surface area contributed by atoms with Gasteiger partial charge < -0.3 is 9.47 Å². The lowest BCUT2D eigenvalue weighted by Crippen LogP contribution is -2.08. The van der Waals surface area contributed by atoms with E-state index < -0.39 is 0 Å². The first kappa shape index (κ1) is 14.2. The highest BCUT2D eigenvalue weighted by atomic mass is 16.5. The minimum Gasteiger partial charge on any atom is -0.466 e. The summed E-state index contributed by atoms with van der Waals surface area (Å²) in [7, 11) is 1.35. The molecule has 0 heterocycles. The van der Waals surface area contributed by atoms with Crippen LogP contribution in [0.2, 0.25) is 0 Å². The molecule has 0 unspecified atom stereocenters. The van der Waals surface area contributed by atoms with E-state index in [1.54, 1.807) is 19.1 Å². The van der Waals surface area contributed by atoms with Gasteiger partial charge in [-0.1, -0.05) is 12.1 Å². The van der Waals surface area contributed by atoms with Gasteiger partial charge in [-0.25, -0.2) is 4.79 Å². The second-order valence-corrected chi connectivity index (χ2v) is 3.89. The predicted octanol–water partition coefficient (Wildman–Crippen LogP) is 2.28. The Labute approximate surface area is 107 Å². The smallest absolute Gasteiger partial charge is 0.338 e. The van der Waals surface area contributed by atoms with E-state index in [1.807, 2.05) is 13.0 Å². The maximum absolute atomic E-state index is 11.5. The number of carbonyl (C=O) groups is 2. The zero-order valence-corrected chi connectivity index (χ0v) is 11.0. The van der Waals surface area contributed by atoms with Crippen molar-refractivity contribution < 1.29 is 19.1 Å². The molecule has 0 aliphatic carbocycles. The molecule has 0 spiro atoms.